The van der Waals surface area contributed by atoms with Crippen molar-refractivity contribution in [2.24, 2.45) is 10.4 Å². The molecule has 1 aromatic heterocycles. The highest BCUT2D eigenvalue weighted by Crippen LogP contribution is 2.46. The second-order valence-corrected chi connectivity index (χ2v) is 7.38. The Morgan fingerprint density at radius 1 is 1.30 bits per heavy atom. The zero-order valence-corrected chi connectivity index (χ0v) is 17.7. The first-order valence-corrected chi connectivity index (χ1v) is 8.25. The van der Waals surface area contributed by atoms with Crippen molar-refractivity contribution in [3.05, 3.63) is 18.2 Å². The molecule has 0 aliphatic carbocycles. The zero-order chi connectivity index (χ0) is 16.4. The number of guanidine groups is 1. The summed E-state index contributed by atoms with van der Waals surface area (Å²) in [5.41, 5.74) is 0.492. The zero-order valence-electron chi connectivity index (χ0n) is 15.4. The molecule has 5 nitrogen and oxygen atoms in total. The summed E-state index contributed by atoms with van der Waals surface area (Å²) in [5.74, 6) is 2.12. The van der Waals surface area contributed by atoms with Gasteiger partial charge in [-0.1, -0.05) is 13.8 Å². The minimum atomic E-state index is 0. The fraction of sp³-hybridized carbons (Fsp3) is 0.765. The smallest absolute Gasteiger partial charge is 0.194 e. The highest BCUT2D eigenvalue weighted by Gasteiger charge is 2.53. The molecule has 0 saturated carbocycles. The molecule has 0 amide bonds. The number of rotatable bonds is 5. The van der Waals surface area contributed by atoms with Crippen LogP contribution in [0.4, 0.5) is 0 Å². The highest BCUT2D eigenvalue weighted by molar-refractivity contribution is 14.0. The van der Waals surface area contributed by atoms with Crippen LogP contribution in [0, 0.1) is 12.3 Å². The standard InChI is InChI=1S/C17H31N5.HI/c1-14-19-10-12-21(14)11-8-7-9-20-15(18-6)22-13-16(2,3)17(22,4)5;/h10,12H,7-9,11,13H2,1-6H3,(H,18,20);1H. The van der Waals surface area contributed by atoms with Crippen LogP contribution in [0.15, 0.2) is 17.4 Å². The largest absolute Gasteiger partial charge is 0.356 e. The second-order valence-electron chi connectivity index (χ2n) is 7.38. The Kier molecular flexibility index (Phi) is 6.92. The molecule has 0 unspecified atom stereocenters. The number of aliphatic imine (C=N–C) groups is 1. The summed E-state index contributed by atoms with van der Waals surface area (Å²) < 4.78 is 2.20. The summed E-state index contributed by atoms with van der Waals surface area (Å²) in [4.78, 5) is 11.1. The van der Waals surface area contributed by atoms with Gasteiger partial charge in [0.2, 0.25) is 0 Å². The third-order valence-electron chi connectivity index (χ3n) is 5.38. The number of aromatic nitrogens is 2. The van der Waals surface area contributed by atoms with Gasteiger partial charge >= 0.3 is 0 Å². The van der Waals surface area contributed by atoms with Gasteiger partial charge in [-0.15, -0.1) is 24.0 Å². The summed E-state index contributed by atoms with van der Waals surface area (Å²) in [7, 11) is 1.87. The third-order valence-corrected chi connectivity index (χ3v) is 5.38. The van der Waals surface area contributed by atoms with Crippen molar-refractivity contribution in [2.45, 2.75) is 59.5 Å². The summed E-state index contributed by atoms with van der Waals surface area (Å²) in [6.07, 6.45) is 6.19. The van der Waals surface area contributed by atoms with E-state index in [2.05, 4.69) is 52.5 Å². The number of halogens is 1. The average Bonchev–Trinajstić information content (AvgIpc) is 2.86. The minimum Gasteiger partial charge on any atom is -0.356 e. The summed E-state index contributed by atoms with van der Waals surface area (Å²) >= 11 is 0. The molecule has 1 aliphatic rings. The first-order chi connectivity index (χ1) is 10.3. The molecule has 6 heteroatoms. The van der Waals surface area contributed by atoms with E-state index in [0.29, 0.717) is 5.41 Å². The minimum absolute atomic E-state index is 0. The number of nitrogens with zero attached hydrogens (tertiary/aromatic N) is 4. The van der Waals surface area contributed by atoms with Gasteiger partial charge in [0.1, 0.15) is 5.82 Å². The van der Waals surface area contributed by atoms with Gasteiger partial charge in [0.05, 0.1) is 0 Å². The predicted octanol–water partition coefficient (Wildman–Crippen LogP) is 3.29. The van der Waals surface area contributed by atoms with Crippen LogP contribution in [0.25, 0.3) is 0 Å². The molecule has 132 valence electrons. The van der Waals surface area contributed by atoms with E-state index < -0.39 is 0 Å². The van der Waals surface area contributed by atoms with Gasteiger partial charge in [-0.3, -0.25) is 4.99 Å². The van der Waals surface area contributed by atoms with E-state index in [4.69, 9.17) is 0 Å². The van der Waals surface area contributed by atoms with E-state index in [0.717, 1.165) is 44.3 Å². The van der Waals surface area contributed by atoms with Gasteiger partial charge in [-0.25, -0.2) is 4.98 Å². The Labute approximate surface area is 158 Å². The molecule has 1 saturated heterocycles. The molecular weight excluding hydrogens is 401 g/mol. The van der Waals surface area contributed by atoms with Crippen LogP contribution in [-0.2, 0) is 6.54 Å². The molecule has 0 bridgehead atoms. The van der Waals surface area contributed by atoms with E-state index in [-0.39, 0.29) is 29.5 Å². The topological polar surface area (TPSA) is 45.5 Å². The molecule has 1 aliphatic heterocycles. The van der Waals surface area contributed by atoms with E-state index in [1.165, 1.54) is 0 Å². The van der Waals surface area contributed by atoms with Gasteiger partial charge in [-0.2, -0.15) is 0 Å². The fourth-order valence-electron chi connectivity index (χ4n) is 2.94. The first-order valence-electron chi connectivity index (χ1n) is 8.25. The Morgan fingerprint density at radius 3 is 2.48 bits per heavy atom. The molecule has 1 fully saturated rings. The summed E-state index contributed by atoms with van der Waals surface area (Å²) in [5, 5.41) is 3.51. The highest BCUT2D eigenvalue weighted by atomic mass is 127. The van der Waals surface area contributed by atoms with Crippen molar-refractivity contribution in [1.29, 1.82) is 0 Å². The van der Waals surface area contributed by atoms with Gasteiger partial charge in [0, 0.05) is 50.0 Å². The van der Waals surface area contributed by atoms with Gasteiger partial charge < -0.3 is 14.8 Å². The maximum Gasteiger partial charge on any atom is 0.194 e. The molecule has 2 heterocycles. The van der Waals surface area contributed by atoms with Crippen LogP contribution >= 0.6 is 24.0 Å². The van der Waals surface area contributed by atoms with Crippen molar-refractivity contribution < 1.29 is 0 Å². The normalized spacial score (nSPS) is 19.0. The third kappa shape index (κ3) is 4.19. The fourth-order valence-corrected chi connectivity index (χ4v) is 2.94. The van der Waals surface area contributed by atoms with Crippen molar-refractivity contribution in [2.75, 3.05) is 20.1 Å². The maximum absolute atomic E-state index is 4.45. The maximum atomic E-state index is 4.45. The lowest BCUT2D eigenvalue weighted by atomic mass is 9.65. The van der Waals surface area contributed by atoms with Crippen LogP contribution in [0.5, 0.6) is 0 Å². The van der Waals surface area contributed by atoms with E-state index >= 15 is 0 Å². The van der Waals surface area contributed by atoms with Crippen molar-refractivity contribution in [1.82, 2.24) is 19.8 Å². The Morgan fingerprint density at radius 2 is 2.00 bits per heavy atom. The van der Waals surface area contributed by atoms with Crippen LogP contribution in [0.1, 0.15) is 46.4 Å². The quantitative estimate of drug-likeness (QED) is 0.336. The molecule has 0 atom stereocenters. The molecule has 2 rings (SSSR count). The lowest BCUT2D eigenvalue weighted by Gasteiger charge is -2.62. The van der Waals surface area contributed by atoms with Crippen molar-refractivity contribution in [3.8, 4) is 0 Å². The SMILES string of the molecule is CN=C(NCCCCn1ccnc1C)N1CC(C)(C)C1(C)C.I. The number of nitrogens with one attached hydrogen (secondary N) is 1. The van der Waals surface area contributed by atoms with Gasteiger partial charge in [0.15, 0.2) is 5.96 Å². The summed E-state index contributed by atoms with van der Waals surface area (Å²) in [6.45, 7) is 14.4. The lowest BCUT2D eigenvalue weighted by molar-refractivity contribution is -0.0667. The number of likely N-dealkylation sites (tertiary alicyclic amines) is 1. The number of hydrogen-bond acceptors (Lipinski definition) is 2. The van der Waals surface area contributed by atoms with Crippen LogP contribution < -0.4 is 5.32 Å². The Hall–Kier alpha value is -0.790. The van der Waals surface area contributed by atoms with Gasteiger partial charge in [-0.05, 0) is 33.6 Å². The molecule has 0 aromatic carbocycles. The first kappa shape index (κ1) is 20.3. The van der Waals surface area contributed by atoms with Crippen LogP contribution in [0.2, 0.25) is 0 Å². The molecule has 0 radical (unpaired) electrons. The summed E-state index contributed by atoms with van der Waals surface area (Å²) in [6, 6.07) is 0. The number of unbranched alkanes of at least 4 members (excludes halogenated alkanes) is 1. The van der Waals surface area contributed by atoms with Crippen LogP contribution in [-0.4, -0.2) is 46.1 Å². The monoisotopic (exact) mass is 433 g/mol. The second kappa shape index (κ2) is 7.85. The number of hydrogen-bond donors (Lipinski definition) is 1. The molecule has 1 aromatic rings. The predicted molar refractivity (Wildman–Crippen MR) is 108 cm³/mol. The number of imidazole rings is 1. The van der Waals surface area contributed by atoms with Gasteiger partial charge in [0.25, 0.3) is 0 Å². The molecule has 0 spiro atoms. The molecule has 1 N–H and O–H groups in total. The Bertz CT molecular complexity index is 533. The number of aryl methyl sites for hydroxylation is 2. The Balaban J connectivity index is 0.00000264. The van der Waals surface area contributed by atoms with Crippen molar-refractivity contribution >= 4 is 29.9 Å². The van der Waals surface area contributed by atoms with Crippen molar-refractivity contribution in [3.63, 3.8) is 0 Å². The lowest BCUT2D eigenvalue weighted by Crippen LogP contribution is -2.72. The van der Waals surface area contributed by atoms with E-state index in [1.807, 2.05) is 26.4 Å². The molecular formula is C17H32IN5. The van der Waals surface area contributed by atoms with Crippen LogP contribution in [0.3, 0.4) is 0 Å². The molecule has 23 heavy (non-hydrogen) atoms. The average molecular weight is 433 g/mol. The van der Waals surface area contributed by atoms with E-state index in [1.54, 1.807) is 0 Å². The van der Waals surface area contributed by atoms with E-state index in [9.17, 15) is 0 Å².